The van der Waals surface area contributed by atoms with E-state index in [1.165, 1.54) is 12.1 Å². The second kappa shape index (κ2) is 6.17. The van der Waals surface area contributed by atoms with Crippen LogP contribution in [0.15, 0.2) is 29.2 Å². The van der Waals surface area contributed by atoms with E-state index in [9.17, 15) is 23.6 Å². The van der Waals surface area contributed by atoms with Crippen molar-refractivity contribution < 1.29 is 35.5 Å². The molecule has 0 bridgehead atoms. The Morgan fingerprint density at radius 1 is 1.40 bits per heavy atom. The number of hydrogen-bond acceptors (Lipinski definition) is 6. The third-order valence-corrected chi connectivity index (χ3v) is 4.86. The Labute approximate surface area is 126 Å². The van der Waals surface area contributed by atoms with Crippen LogP contribution in [0.25, 0.3) is 0 Å². The Hall–Kier alpha value is -1.03. The van der Waals surface area contributed by atoms with E-state index in [0.29, 0.717) is 0 Å². The molecule has 0 amide bonds. The molecule has 2 unspecified atom stereocenters. The fourth-order valence-electron chi connectivity index (χ4n) is 2.04. The molecule has 1 heterocycles. The predicted molar refractivity (Wildman–Crippen MR) is 65.6 cm³/mol. The zero-order chi connectivity index (χ0) is 14.2. The van der Waals surface area contributed by atoms with Crippen molar-refractivity contribution in [3.63, 3.8) is 0 Å². The summed E-state index contributed by atoms with van der Waals surface area (Å²) in [5.41, 5.74) is 5.13. The van der Waals surface area contributed by atoms with Crippen LogP contribution in [0.1, 0.15) is 6.42 Å². The number of nitrogens with zero attached hydrogens (tertiary/aromatic N) is 2. The monoisotopic (exact) mass is 343 g/mol. The van der Waals surface area contributed by atoms with Gasteiger partial charge in [0.05, 0.1) is 17.2 Å². The number of benzene rings is 1. The zero-order valence-electron chi connectivity index (χ0n) is 10.2. The summed E-state index contributed by atoms with van der Waals surface area (Å²) >= 11 is 0. The molecule has 1 aliphatic heterocycles. The average Bonchev–Trinajstić information content (AvgIpc) is 2.69. The summed E-state index contributed by atoms with van der Waals surface area (Å²) in [7, 11) is -4.09. The number of aliphatic hydroxyl groups is 1. The topological polar surface area (TPSA) is 127 Å². The van der Waals surface area contributed by atoms with Gasteiger partial charge in [-0.2, -0.15) is 4.31 Å². The van der Waals surface area contributed by atoms with Crippen molar-refractivity contribution in [2.75, 3.05) is 6.54 Å². The molecule has 0 saturated carbocycles. The number of sulfonamides is 1. The molecule has 10 heteroatoms. The first-order valence-corrected chi connectivity index (χ1v) is 6.97. The van der Waals surface area contributed by atoms with Crippen LogP contribution in [0.4, 0.5) is 5.69 Å². The number of nitro benzene ring substituents is 1. The summed E-state index contributed by atoms with van der Waals surface area (Å²) in [6, 6.07) is 5.06. The van der Waals surface area contributed by atoms with Gasteiger partial charge >= 0.3 is 0 Å². The van der Waals surface area contributed by atoms with Gasteiger partial charge in [-0.05, 0) is 6.07 Å². The molecule has 1 aliphatic rings. The molecule has 112 valence electrons. The van der Waals surface area contributed by atoms with Crippen LogP contribution < -0.4 is 5.73 Å². The summed E-state index contributed by atoms with van der Waals surface area (Å²) < 4.78 is 25.6. The maximum Gasteiger partial charge on any atom is 0.289 e. The van der Waals surface area contributed by atoms with E-state index in [0.717, 1.165) is 16.4 Å². The molecule has 0 spiro atoms. The van der Waals surface area contributed by atoms with E-state index in [1.807, 2.05) is 0 Å². The van der Waals surface area contributed by atoms with Gasteiger partial charge in [0.25, 0.3) is 15.7 Å². The molecule has 1 fully saturated rings. The summed E-state index contributed by atoms with van der Waals surface area (Å²) in [5.74, 6) is 0. The van der Waals surface area contributed by atoms with E-state index in [2.05, 4.69) is 0 Å². The molecule has 1 saturated heterocycles. The minimum absolute atomic E-state index is 0. The van der Waals surface area contributed by atoms with Gasteiger partial charge in [-0.25, -0.2) is 8.42 Å². The Morgan fingerprint density at radius 2 is 2.00 bits per heavy atom. The third kappa shape index (κ3) is 3.00. The number of hydrogen-bond donors (Lipinski definition) is 2. The van der Waals surface area contributed by atoms with E-state index < -0.39 is 37.8 Å². The standard InChI is InChI=1S/C10H13N3O5S.Fe/c11-10-5-7(14)6-12(10)19(17,18)9-4-2-1-3-8(9)13(15)16;/h1-4,7,10,14H,5-6,11H2;. The molecule has 1 aromatic carbocycles. The SMILES string of the molecule is NC1CC(O)CN1S(=O)(=O)c1ccccc1[N+](=O)[O-].[Fe]. The van der Waals surface area contributed by atoms with Crippen LogP contribution >= 0.6 is 0 Å². The normalized spacial score (nSPS) is 23.3. The van der Waals surface area contributed by atoms with Crippen molar-refractivity contribution in [1.82, 2.24) is 4.31 Å². The summed E-state index contributed by atoms with van der Waals surface area (Å²) in [5, 5.41) is 20.3. The van der Waals surface area contributed by atoms with Crippen LogP contribution in [-0.2, 0) is 27.1 Å². The molecule has 2 rings (SSSR count). The van der Waals surface area contributed by atoms with Gasteiger partial charge in [-0.15, -0.1) is 0 Å². The number of rotatable bonds is 3. The molecular formula is C10H13FeN3O5S. The minimum Gasteiger partial charge on any atom is -0.392 e. The third-order valence-electron chi connectivity index (χ3n) is 2.92. The van der Waals surface area contributed by atoms with E-state index >= 15 is 0 Å². The number of nitro groups is 1. The van der Waals surface area contributed by atoms with Crippen molar-refractivity contribution in [3.8, 4) is 0 Å². The van der Waals surface area contributed by atoms with Gasteiger partial charge in [-0.3, -0.25) is 10.1 Å². The zero-order valence-corrected chi connectivity index (χ0v) is 12.1. The molecule has 8 nitrogen and oxygen atoms in total. The Bertz CT molecular complexity index is 609. The van der Waals surface area contributed by atoms with E-state index in [-0.39, 0.29) is 30.0 Å². The first-order chi connectivity index (χ1) is 8.84. The number of β-amino-alcohol motifs (C(OH)–C–C–N with tert-alkyl or cyclic N) is 1. The molecule has 3 N–H and O–H groups in total. The second-order valence-corrected chi connectivity index (χ2v) is 6.12. The van der Waals surface area contributed by atoms with Crippen molar-refractivity contribution in [2.45, 2.75) is 23.6 Å². The van der Waals surface area contributed by atoms with Gasteiger partial charge in [0.15, 0.2) is 4.90 Å². The van der Waals surface area contributed by atoms with Crippen LogP contribution in [-0.4, -0.2) is 41.6 Å². The largest absolute Gasteiger partial charge is 0.392 e. The van der Waals surface area contributed by atoms with Crippen molar-refractivity contribution in [3.05, 3.63) is 34.4 Å². The molecule has 0 aromatic heterocycles. The van der Waals surface area contributed by atoms with Gasteiger partial charge < -0.3 is 10.8 Å². The fraction of sp³-hybridized carbons (Fsp3) is 0.400. The van der Waals surface area contributed by atoms with Crippen LogP contribution in [0.5, 0.6) is 0 Å². The number of aliphatic hydroxyl groups excluding tert-OH is 1. The summed E-state index contributed by atoms with van der Waals surface area (Å²) in [4.78, 5) is 9.70. The Balaban J connectivity index is 0.00000200. The first kappa shape index (κ1) is 17.0. The molecular weight excluding hydrogens is 330 g/mol. The van der Waals surface area contributed by atoms with E-state index in [1.54, 1.807) is 0 Å². The maximum atomic E-state index is 12.3. The van der Waals surface area contributed by atoms with Crippen molar-refractivity contribution in [1.29, 1.82) is 0 Å². The van der Waals surface area contributed by atoms with Crippen molar-refractivity contribution in [2.24, 2.45) is 5.73 Å². The van der Waals surface area contributed by atoms with Gasteiger partial charge in [0.2, 0.25) is 0 Å². The molecule has 0 radical (unpaired) electrons. The minimum atomic E-state index is -4.09. The molecule has 20 heavy (non-hydrogen) atoms. The summed E-state index contributed by atoms with van der Waals surface area (Å²) in [6.07, 6.45) is -1.62. The molecule has 2 atom stereocenters. The van der Waals surface area contributed by atoms with Gasteiger partial charge in [0.1, 0.15) is 0 Å². The van der Waals surface area contributed by atoms with Gasteiger partial charge in [-0.1, -0.05) is 12.1 Å². The summed E-state index contributed by atoms with van der Waals surface area (Å²) in [6.45, 7) is -0.157. The van der Waals surface area contributed by atoms with Crippen LogP contribution in [0, 0.1) is 10.1 Å². The number of nitrogens with two attached hydrogens (primary N) is 1. The Morgan fingerprint density at radius 3 is 2.50 bits per heavy atom. The fourth-order valence-corrected chi connectivity index (χ4v) is 3.76. The Kier molecular flexibility index (Phi) is 5.25. The molecule has 1 aromatic rings. The van der Waals surface area contributed by atoms with Crippen LogP contribution in [0.3, 0.4) is 0 Å². The van der Waals surface area contributed by atoms with Gasteiger partial charge in [0, 0.05) is 36.1 Å². The molecule has 0 aliphatic carbocycles. The quantitative estimate of drug-likeness (QED) is 0.438. The maximum absolute atomic E-state index is 12.3. The first-order valence-electron chi connectivity index (χ1n) is 5.53. The average molecular weight is 343 g/mol. The predicted octanol–water partition coefficient (Wildman–Crippen LogP) is -0.368. The second-order valence-electron chi connectivity index (χ2n) is 4.26. The van der Waals surface area contributed by atoms with Crippen molar-refractivity contribution >= 4 is 15.7 Å². The number of para-hydroxylation sites is 1. The van der Waals surface area contributed by atoms with Crippen LogP contribution in [0.2, 0.25) is 0 Å². The smallest absolute Gasteiger partial charge is 0.289 e. The van der Waals surface area contributed by atoms with E-state index in [4.69, 9.17) is 5.73 Å².